The molecule has 2 heterocycles. The Morgan fingerprint density at radius 2 is 1.93 bits per heavy atom. The first-order valence-corrected chi connectivity index (χ1v) is 10.1. The molecule has 27 heavy (non-hydrogen) atoms. The summed E-state index contributed by atoms with van der Waals surface area (Å²) in [6, 6.07) is 9.58. The van der Waals surface area contributed by atoms with Crippen LogP contribution < -0.4 is 4.72 Å². The van der Waals surface area contributed by atoms with Crippen LogP contribution in [0.1, 0.15) is 40.4 Å². The summed E-state index contributed by atoms with van der Waals surface area (Å²) in [6.45, 7) is 0.442. The number of hydrogen-bond donors (Lipinski definition) is 1. The van der Waals surface area contributed by atoms with Crippen molar-refractivity contribution >= 4 is 15.9 Å². The molecule has 1 amide bonds. The first kappa shape index (κ1) is 17.5. The highest BCUT2D eigenvalue weighted by Crippen LogP contribution is 2.41. The Morgan fingerprint density at radius 1 is 1.19 bits per heavy atom. The van der Waals surface area contributed by atoms with Crippen molar-refractivity contribution in [2.24, 2.45) is 7.05 Å². The van der Waals surface area contributed by atoms with Crippen molar-refractivity contribution in [3.63, 3.8) is 0 Å². The molecular weight excluding hydrogens is 366 g/mol. The van der Waals surface area contributed by atoms with Gasteiger partial charge in [-0.25, -0.2) is 13.1 Å². The summed E-state index contributed by atoms with van der Waals surface area (Å²) in [6.07, 6.45) is 6.27. The molecule has 8 nitrogen and oxygen atoms in total. The molecule has 0 unspecified atom stereocenters. The number of amides is 1. The number of aryl methyl sites for hydroxylation is 1. The summed E-state index contributed by atoms with van der Waals surface area (Å²) in [5, 5.41) is 8.19. The molecule has 0 aliphatic heterocycles. The highest BCUT2D eigenvalue weighted by Gasteiger charge is 2.32. The summed E-state index contributed by atoms with van der Waals surface area (Å²) >= 11 is 0. The molecule has 0 radical (unpaired) electrons. The normalized spacial score (nSPS) is 14.3. The number of sulfonamides is 1. The van der Waals surface area contributed by atoms with E-state index in [9.17, 15) is 13.2 Å². The average Bonchev–Trinajstić information content (AvgIpc) is 3.23. The summed E-state index contributed by atoms with van der Waals surface area (Å²) in [5.41, 5.74) is 2.08. The van der Waals surface area contributed by atoms with Crippen LogP contribution in [-0.4, -0.2) is 33.9 Å². The Hall–Kier alpha value is -2.94. The van der Waals surface area contributed by atoms with Gasteiger partial charge in [0.05, 0.1) is 18.9 Å². The molecule has 0 saturated heterocycles. The van der Waals surface area contributed by atoms with Crippen molar-refractivity contribution in [1.82, 2.24) is 24.3 Å². The van der Waals surface area contributed by atoms with Crippen molar-refractivity contribution in [3.05, 3.63) is 65.7 Å². The predicted molar refractivity (Wildman–Crippen MR) is 97.6 cm³/mol. The zero-order chi connectivity index (χ0) is 19.0. The number of nitrogens with zero attached hydrogens (tertiary/aromatic N) is 4. The van der Waals surface area contributed by atoms with E-state index >= 15 is 0 Å². The standard InChI is InChI=1S/C18H19N5O3S/c1-22-17(16(10-19-22)14-7-8-14)18(24)21-27(25,26)15-9-20-23(12-15)11-13-5-3-2-4-6-13/h2-6,9-10,12,14H,7-8,11H2,1H3,(H,21,24). The fourth-order valence-corrected chi connectivity index (χ4v) is 3.90. The van der Waals surface area contributed by atoms with Crippen LogP contribution in [0.4, 0.5) is 0 Å². The van der Waals surface area contributed by atoms with Crippen molar-refractivity contribution in [2.45, 2.75) is 30.2 Å². The Bertz CT molecular complexity index is 1080. The monoisotopic (exact) mass is 385 g/mol. The highest BCUT2D eigenvalue weighted by atomic mass is 32.2. The second-order valence-electron chi connectivity index (χ2n) is 6.64. The fraction of sp³-hybridized carbons (Fsp3) is 0.278. The SMILES string of the molecule is Cn1ncc(C2CC2)c1C(=O)NS(=O)(=O)c1cnn(Cc2ccccc2)c1. The molecule has 9 heteroatoms. The summed E-state index contributed by atoms with van der Waals surface area (Å²) in [5.74, 6) is -0.386. The first-order valence-electron chi connectivity index (χ1n) is 8.59. The van der Waals surface area contributed by atoms with Crippen LogP contribution in [0.5, 0.6) is 0 Å². The van der Waals surface area contributed by atoms with Crippen molar-refractivity contribution in [1.29, 1.82) is 0 Å². The van der Waals surface area contributed by atoms with Crippen molar-refractivity contribution < 1.29 is 13.2 Å². The molecule has 2 aromatic heterocycles. The van der Waals surface area contributed by atoms with Crippen molar-refractivity contribution in [2.75, 3.05) is 0 Å². The quantitative estimate of drug-likeness (QED) is 0.696. The molecule has 0 atom stereocenters. The van der Waals surface area contributed by atoms with Gasteiger partial charge >= 0.3 is 0 Å². The van der Waals surface area contributed by atoms with Crippen LogP contribution in [0.2, 0.25) is 0 Å². The summed E-state index contributed by atoms with van der Waals surface area (Å²) in [7, 11) is -2.39. The van der Waals surface area contributed by atoms with Crippen LogP contribution in [0.15, 0.2) is 53.8 Å². The first-order chi connectivity index (χ1) is 12.9. The average molecular weight is 385 g/mol. The number of hydrogen-bond acceptors (Lipinski definition) is 5. The maximum atomic E-state index is 12.6. The van der Waals surface area contributed by atoms with Gasteiger partial charge in [-0.05, 0) is 24.3 Å². The number of nitrogens with one attached hydrogen (secondary N) is 1. The smallest absolute Gasteiger partial charge is 0.267 e. The van der Waals surface area contributed by atoms with Crippen LogP contribution in [0.3, 0.4) is 0 Å². The number of carbonyl (C=O) groups is 1. The fourth-order valence-electron chi connectivity index (χ4n) is 3.00. The van der Waals surface area contributed by atoms with Gasteiger partial charge in [-0.15, -0.1) is 0 Å². The van der Waals surface area contributed by atoms with Crippen molar-refractivity contribution in [3.8, 4) is 0 Å². The molecule has 1 aromatic carbocycles. The van der Waals surface area contributed by atoms with Gasteiger partial charge in [0, 0.05) is 18.8 Å². The summed E-state index contributed by atoms with van der Waals surface area (Å²) in [4.78, 5) is 12.5. The van der Waals surface area contributed by atoms with E-state index in [1.54, 1.807) is 13.2 Å². The molecule has 1 aliphatic carbocycles. The van der Waals surface area contributed by atoms with Crippen LogP contribution in [0, 0.1) is 0 Å². The molecule has 4 rings (SSSR count). The van der Waals surface area contributed by atoms with E-state index in [1.807, 2.05) is 30.3 Å². The van der Waals surface area contributed by atoms with Crippen LogP contribution in [0.25, 0.3) is 0 Å². The molecular formula is C18H19N5O3S. The molecule has 0 bridgehead atoms. The molecule has 0 spiro atoms. The van der Waals surface area contributed by atoms with E-state index in [0.717, 1.165) is 24.0 Å². The van der Waals surface area contributed by atoms with E-state index in [4.69, 9.17) is 0 Å². The van der Waals surface area contributed by atoms with Gasteiger partial charge in [-0.3, -0.25) is 14.2 Å². The van der Waals surface area contributed by atoms with E-state index < -0.39 is 15.9 Å². The zero-order valence-corrected chi connectivity index (χ0v) is 15.6. The second kappa shape index (κ2) is 6.66. The molecule has 1 fully saturated rings. The Labute approximate surface area is 156 Å². The Balaban J connectivity index is 1.52. The van der Waals surface area contributed by atoms with Gasteiger partial charge in [0.15, 0.2) is 0 Å². The van der Waals surface area contributed by atoms with E-state index in [2.05, 4.69) is 14.9 Å². The molecule has 1 saturated carbocycles. The number of aromatic nitrogens is 4. The van der Waals surface area contributed by atoms with Gasteiger partial charge in [0.25, 0.3) is 15.9 Å². The molecule has 1 aliphatic rings. The molecule has 3 aromatic rings. The Morgan fingerprint density at radius 3 is 2.63 bits per heavy atom. The van der Waals surface area contributed by atoms with Crippen LogP contribution in [-0.2, 0) is 23.6 Å². The topological polar surface area (TPSA) is 98.9 Å². The highest BCUT2D eigenvalue weighted by molar-refractivity contribution is 7.90. The lowest BCUT2D eigenvalue weighted by Crippen LogP contribution is -2.32. The minimum absolute atomic E-state index is 0.0538. The number of benzene rings is 1. The third-order valence-corrected chi connectivity index (χ3v) is 5.82. The maximum Gasteiger partial charge on any atom is 0.283 e. The number of carbonyl (C=O) groups excluding carboxylic acids is 1. The maximum absolute atomic E-state index is 12.6. The minimum Gasteiger partial charge on any atom is -0.267 e. The van der Waals surface area contributed by atoms with Gasteiger partial charge in [-0.1, -0.05) is 30.3 Å². The third kappa shape index (κ3) is 3.63. The predicted octanol–water partition coefficient (Wildman–Crippen LogP) is 1.66. The van der Waals surface area contributed by atoms with Crippen LogP contribution >= 0.6 is 0 Å². The largest absolute Gasteiger partial charge is 0.283 e. The lowest BCUT2D eigenvalue weighted by atomic mass is 10.1. The number of rotatable bonds is 6. The van der Waals surface area contributed by atoms with Gasteiger partial charge in [0.1, 0.15) is 10.6 Å². The molecule has 140 valence electrons. The van der Waals surface area contributed by atoms with Gasteiger partial charge in [-0.2, -0.15) is 10.2 Å². The minimum atomic E-state index is -4.02. The lowest BCUT2D eigenvalue weighted by molar-refractivity contribution is 0.0971. The third-order valence-electron chi connectivity index (χ3n) is 4.53. The van der Waals surface area contributed by atoms with E-state index in [1.165, 1.54) is 21.8 Å². The Kier molecular flexibility index (Phi) is 4.31. The van der Waals surface area contributed by atoms with E-state index in [-0.39, 0.29) is 16.5 Å². The summed E-state index contributed by atoms with van der Waals surface area (Å²) < 4.78 is 30.3. The lowest BCUT2D eigenvalue weighted by Gasteiger charge is -2.07. The zero-order valence-electron chi connectivity index (χ0n) is 14.7. The van der Waals surface area contributed by atoms with Gasteiger partial charge in [0.2, 0.25) is 0 Å². The van der Waals surface area contributed by atoms with E-state index in [0.29, 0.717) is 6.54 Å². The molecule has 1 N–H and O–H groups in total. The second-order valence-corrected chi connectivity index (χ2v) is 8.32. The van der Waals surface area contributed by atoms with Gasteiger partial charge < -0.3 is 0 Å².